The topological polar surface area (TPSA) is 105 Å². The molecule has 0 spiro atoms. The van der Waals surface area contributed by atoms with Gasteiger partial charge in [0.25, 0.3) is 11.6 Å². The molecule has 2 aromatic rings. The molecule has 0 aliphatic carbocycles. The molecule has 0 aliphatic rings. The number of anilines is 1. The number of methoxy groups -OCH3 is 1. The number of amides is 1. The molecule has 0 fully saturated rings. The molecule has 0 radical (unpaired) electrons. The molecule has 0 saturated carbocycles. The molecule has 10 heteroatoms. The van der Waals surface area contributed by atoms with E-state index in [1.165, 1.54) is 25.3 Å². The number of carbonyl (C=O) groups excluding carboxylic acids is 1. The summed E-state index contributed by atoms with van der Waals surface area (Å²) in [4.78, 5) is 22.8. The van der Waals surface area contributed by atoms with E-state index in [0.29, 0.717) is 20.3 Å². The van der Waals surface area contributed by atoms with Crippen LogP contribution in [0.4, 0.5) is 11.4 Å². The summed E-state index contributed by atoms with van der Waals surface area (Å²) in [6, 6.07) is 8.94. The molecule has 1 N–H and O–H groups in total. The average molecular weight is 516 g/mol. The Morgan fingerprint density at radius 1 is 1.33 bits per heavy atom. The minimum atomic E-state index is -0.786. The van der Waals surface area contributed by atoms with Crippen LogP contribution in [0.1, 0.15) is 5.56 Å². The molecule has 2 aromatic carbocycles. The van der Waals surface area contributed by atoms with E-state index >= 15 is 0 Å². The standard InChI is InChI=1S/C17H10Br2ClN3O4/c1-27-16-12(18)5-9(6-13(16)19)4-10(8-21)17(24)22-14-3-2-11(20)7-15(14)23(25)26/h2-7H,1H3,(H,22,24)/b10-4-. The second-order valence-electron chi connectivity index (χ2n) is 5.06. The predicted molar refractivity (Wildman–Crippen MR) is 109 cm³/mol. The van der Waals surface area contributed by atoms with Crippen LogP contribution in [0.15, 0.2) is 44.9 Å². The van der Waals surface area contributed by atoms with Crippen LogP contribution in [-0.2, 0) is 4.79 Å². The van der Waals surface area contributed by atoms with Crippen molar-refractivity contribution in [3.8, 4) is 11.8 Å². The summed E-state index contributed by atoms with van der Waals surface area (Å²) in [7, 11) is 1.51. The number of carbonyl (C=O) groups is 1. The Bertz CT molecular complexity index is 979. The molecule has 0 aromatic heterocycles. The summed E-state index contributed by atoms with van der Waals surface area (Å²) >= 11 is 12.4. The van der Waals surface area contributed by atoms with Crippen LogP contribution in [0.2, 0.25) is 5.02 Å². The minimum absolute atomic E-state index is 0.0624. The third kappa shape index (κ3) is 5.07. The number of hydrogen-bond donors (Lipinski definition) is 1. The van der Waals surface area contributed by atoms with Crippen LogP contribution in [-0.4, -0.2) is 17.9 Å². The van der Waals surface area contributed by atoms with Gasteiger partial charge >= 0.3 is 0 Å². The van der Waals surface area contributed by atoms with E-state index in [1.807, 2.05) is 0 Å². The Balaban J connectivity index is 2.36. The molecule has 2 rings (SSSR count). The molecule has 0 atom stereocenters. The highest BCUT2D eigenvalue weighted by Crippen LogP contribution is 2.35. The smallest absolute Gasteiger partial charge is 0.294 e. The van der Waals surface area contributed by atoms with Gasteiger partial charge in [-0.2, -0.15) is 5.26 Å². The zero-order valence-electron chi connectivity index (χ0n) is 13.6. The number of nitro benzene ring substituents is 1. The highest BCUT2D eigenvalue weighted by molar-refractivity contribution is 9.11. The Morgan fingerprint density at radius 3 is 2.48 bits per heavy atom. The van der Waals surface area contributed by atoms with Crippen LogP contribution in [0, 0.1) is 21.4 Å². The lowest BCUT2D eigenvalue weighted by molar-refractivity contribution is -0.383. The zero-order valence-corrected chi connectivity index (χ0v) is 17.6. The number of nitro groups is 1. The molecule has 27 heavy (non-hydrogen) atoms. The third-order valence-electron chi connectivity index (χ3n) is 3.31. The van der Waals surface area contributed by atoms with Gasteiger partial charge in [0.15, 0.2) is 0 Å². The number of nitriles is 1. The largest absolute Gasteiger partial charge is 0.494 e. The molecule has 138 valence electrons. The maximum absolute atomic E-state index is 12.4. The SMILES string of the molecule is COc1c(Br)cc(/C=C(/C#N)C(=O)Nc2ccc(Cl)cc2[N+](=O)[O-])cc1Br. The van der Waals surface area contributed by atoms with Crippen molar-refractivity contribution in [1.82, 2.24) is 0 Å². The van der Waals surface area contributed by atoms with Crippen LogP contribution in [0.5, 0.6) is 5.75 Å². The van der Waals surface area contributed by atoms with E-state index in [9.17, 15) is 20.2 Å². The van der Waals surface area contributed by atoms with Crippen molar-refractivity contribution in [2.24, 2.45) is 0 Å². The third-order valence-corrected chi connectivity index (χ3v) is 4.72. The van der Waals surface area contributed by atoms with Gasteiger partial charge in [0.2, 0.25) is 0 Å². The van der Waals surface area contributed by atoms with Gasteiger partial charge in [-0.1, -0.05) is 11.6 Å². The Morgan fingerprint density at radius 2 is 1.96 bits per heavy atom. The van der Waals surface area contributed by atoms with Crippen molar-refractivity contribution < 1.29 is 14.5 Å². The van der Waals surface area contributed by atoms with Crippen molar-refractivity contribution in [3.05, 3.63) is 65.6 Å². The van der Waals surface area contributed by atoms with E-state index in [2.05, 4.69) is 37.2 Å². The first-order valence-electron chi connectivity index (χ1n) is 7.17. The molecule has 0 unspecified atom stereocenters. The first kappa shape index (κ1) is 20.9. The van der Waals surface area contributed by atoms with E-state index < -0.39 is 10.8 Å². The first-order chi connectivity index (χ1) is 12.8. The second-order valence-corrected chi connectivity index (χ2v) is 7.21. The minimum Gasteiger partial charge on any atom is -0.494 e. The summed E-state index contributed by atoms with van der Waals surface area (Å²) in [5.41, 5.74) is -0.120. The molecule has 0 saturated heterocycles. The fourth-order valence-electron chi connectivity index (χ4n) is 2.12. The second kappa shape index (κ2) is 8.99. The van der Waals surface area contributed by atoms with Gasteiger partial charge in [-0.3, -0.25) is 14.9 Å². The summed E-state index contributed by atoms with van der Waals surface area (Å²) in [5.74, 6) is -0.224. The lowest BCUT2D eigenvalue weighted by Crippen LogP contribution is -2.14. The van der Waals surface area contributed by atoms with Gasteiger partial charge in [0.1, 0.15) is 23.1 Å². The zero-order chi connectivity index (χ0) is 20.1. The van der Waals surface area contributed by atoms with E-state index in [-0.39, 0.29) is 22.0 Å². The van der Waals surface area contributed by atoms with Crippen molar-refractivity contribution in [1.29, 1.82) is 5.26 Å². The lowest BCUT2D eigenvalue weighted by atomic mass is 10.1. The summed E-state index contributed by atoms with van der Waals surface area (Å²) in [5, 5.41) is 23.0. The van der Waals surface area contributed by atoms with Crippen LogP contribution in [0.3, 0.4) is 0 Å². The van der Waals surface area contributed by atoms with Gasteiger partial charge in [0.05, 0.1) is 21.0 Å². The maximum Gasteiger partial charge on any atom is 0.294 e. The quantitative estimate of drug-likeness (QED) is 0.251. The molecule has 7 nitrogen and oxygen atoms in total. The van der Waals surface area contributed by atoms with Crippen LogP contribution in [0.25, 0.3) is 6.08 Å². The molecule has 0 bridgehead atoms. The lowest BCUT2D eigenvalue weighted by Gasteiger charge is -2.08. The number of ether oxygens (including phenoxy) is 1. The molecule has 0 heterocycles. The van der Waals surface area contributed by atoms with Crippen molar-refractivity contribution in [2.45, 2.75) is 0 Å². The van der Waals surface area contributed by atoms with E-state index in [0.717, 1.165) is 6.07 Å². The normalized spacial score (nSPS) is 10.9. The van der Waals surface area contributed by atoms with Gasteiger partial charge in [-0.15, -0.1) is 0 Å². The fraction of sp³-hybridized carbons (Fsp3) is 0.0588. The maximum atomic E-state index is 12.4. The van der Waals surface area contributed by atoms with Crippen LogP contribution < -0.4 is 10.1 Å². The number of benzene rings is 2. The molecular weight excluding hydrogens is 505 g/mol. The van der Waals surface area contributed by atoms with Crippen molar-refractivity contribution in [2.75, 3.05) is 12.4 Å². The number of nitrogens with one attached hydrogen (secondary N) is 1. The predicted octanol–water partition coefficient (Wildman–Crippen LogP) is 5.33. The Labute approximate surface area is 176 Å². The number of halogens is 3. The first-order valence-corrected chi connectivity index (χ1v) is 9.13. The fourth-order valence-corrected chi connectivity index (χ4v) is 3.84. The van der Waals surface area contributed by atoms with Gasteiger partial charge < -0.3 is 10.1 Å². The van der Waals surface area contributed by atoms with Gasteiger partial charge in [-0.25, -0.2) is 0 Å². The van der Waals surface area contributed by atoms with Crippen molar-refractivity contribution in [3.63, 3.8) is 0 Å². The molecule has 1 amide bonds. The Kier molecular flexibility index (Phi) is 6.96. The van der Waals surface area contributed by atoms with Crippen LogP contribution >= 0.6 is 43.5 Å². The number of hydrogen-bond acceptors (Lipinski definition) is 5. The highest BCUT2D eigenvalue weighted by Gasteiger charge is 2.19. The highest BCUT2D eigenvalue weighted by atomic mass is 79.9. The van der Waals surface area contributed by atoms with Gasteiger partial charge in [-0.05, 0) is 67.8 Å². The molecule has 0 aliphatic heterocycles. The average Bonchev–Trinajstić information content (AvgIpc) is 2.60. The molecular formula is C17H10Br2ClN3O4. The summed E-state index contributed by atoms with van der Waals surface area (Å²) in [6.45, 7) is 0. The van der Waals surface area contributed by atoms with Gasteiger partial charge in [0, 0.05) is 11.1 Å². The number of rotatable bonds is 5. The number of nitrogens with zero attached hydrogens (tertiary/aromatic N) is 2. The van der Waals surface area contributed by atoms with E-state index in [1.54, 1.807) is 18.2 Å². The summed E-state index contributed by atoms with van der Waals surface area (Å²) < 4.78 is 6.44. The monoisotopic (exact) mass is 513 g/mol. The van der Waals surface area contributed by atoms with Crippen molar-refractivity contribution >= 4 is 66.8 Å². The summed E-state index contributed by atoms with van der Waals surface area (Å²) in [6.07, 6.45) is 1.35. The van der Waals surface area contributed by atoms with E-state index in [4.69, 9.17) is 16.3 Å². The Hall–Kier alpha value is -2.41.